The number of halogens is 1. The number of hydrogen-bond donors (Lipinski definition) is 0. The molecule has 0 saturated carbocycles. The summed E-state index contributed by atoms with van der Waals surface area (Å²) in [5, 5.41) is 10.8. The van der Waals surface area contributed by atoms with E-state index in [0.717, 1.165) is 37.6 Å². The molecule has 112 valence electrons. The van der Waals surface area contributed by atoms with Crippen molar-refractivity contribution in [1.82, 2.24) is 15.2 Å². The number of benzene rings is 1. The van der Waals surface area contributed by atoms with E-state index >= 15 is 0 Å². The van der Waals surface area contributed by atoms with Crippen LogP contribution >= 0.6 is 22.9 Å². The van der Waals surface area contributed by atoms with Crippen LogP contribution < -0.4 is 0 Å². The highest BCUT2D eigenvalue weighted by molar-refractivity contribution is 7.18. The van der Waals surface area contributed by atoms with Gasteiger partial charge in [-0.15, -0.1) is 21.5 Å². The lowest BCUT2D eigenvalue weighted by molar-refractivity contribution is 1.06. The van der Waals surface area contributed by atoms with E-state index in [1.165, 1.54) is 0 Å². The molecule has 0 spiro atoms. The van der Waals surface area contributed by atoms with Crippen LogP contribution in [0.3, 0.4) is 0 Å². The molecule has 5 heteroatoms. The topological polar surface area (TPSA) is 38.7 Å². The Hall–Kier alpha value is -2.30. The van der Waals surface area contributed by atoms with Crippen LogP contribution in [0.1, 0.15) is 5.69 Å². The van der Waals surface area contributed by atoms with Gasteiger partial charge in [0.15, 0.2) is 5.15 Å². The average Bonchev–Trinajstić information content (AvgIpc) is 3.05. The highest BCUT2D eigenvalue weighted by Crippen LogP contribution is 2.36. The van der Waals surface area contributed by atoms with Crippen molar-refractivity contribution in [2.75, 3.05) is 0 Å². The second-order valence-electron chi connectivity index (χ2n) is 5.21. The maximum absolute atomic E-state index is 6.15. The number of pyridine rings is 1. The van der Waals surface area contributed by atoms with E-state index in [1.807, 2.05) is 49.4 Å². The van der Waals surface area contributed by atoms with Gasteiger partial charge in [-0.05, 0) is 31.2 Å². The molecule has 1 aromatic carbocycles. The molecule has 0 fully saturated rings. The Morgan fingerprint density at radius 2 is 1.61 bits per heavy atom. The monoisotopic (exact) mass is 337 g/mol. The maximum atomic E-state index is 6.15. The van der Waals surface area contributed by atoms with Crippen molar-refractivity contribution in [2.45, 2.75) is 6.92 Å². The quantitative estimate of drug-likeness (QED) is 0.492. The molecule has 4 rings (SSSR count). The summed E-state index contributed by atoms with van der Waals surface area (Å²) in [7, 11) is 0. The van der Waals surface area contributed by atoms with E-state index in [1.54, 1.807) is 11.3 Å². The largest absolute Gasteiger partial charge is 0.252 e. The van der Waals surface area contributed by atoms with Crippen LogP contribution in [-0.2, 0) is 0 Å². The molecule has 23 heavy (non-hydrogen) atoms. The van der Waals surface area contributed by atoms with Crippen LogP contribution in [0.2, 0.25) is 5.15 Å². The molecule has 3 nitrogen and oxygen atoms in total. The third-order valence-electron chi connectivity index (χ3n) is 3.62. The van der Waals surface area contributed by atoms with Crippen LogP contribution in [0, 0.1) is 6.92 Å². The lowest BCUT2D eigenvalue weighted by Crippen LogP contribution is -1.89. The summed E-state index contributed by atoms with van der Waals surface area (Å²) < 4.78 is 0. The van der Waals surface area contributed by atoms with E-state index in [0.29, 0.717) is 5.15 Å². The molecule has 3 aromatic heterocycles. The highest BCUT2D eigenvalue weighted by atomic mass is 35.5. The Bertz CT molecular complexity index is 1010. The van der Waals surface area contributed by atoms with E-state index in [9.17, 15) is 0 Å². The molecule has 0 saturated heterocycles. The lowest BCUT2D eigenvalue weighted by Gasteiger charge is -2.03. The zero-order valence-corrected chi connectivity index (χ0v) is 13.9. The van der Waals surface area contributed by atoms with E-state index in [-0.39, 0.29) is 0 Å². The molecule has 0 N–H and O–H groups in total. The van der Waals surface area contributed by atoms with E-state index in [4.69, 9.17) is 11.6 Å². The predicted molar refractivity (Wildman–Crippen MR) is 95.8 cm³/mol. The van der Waals surface area contributed by atoms with E-state index < -0.39 is 0 Å². The zero-order chi connectivity index (χ0) is 15.8. The summed E-state index contributed by atoms with van der Waals surface area (Å²) in [5.41, 5.74) is 2.84. The van der Waals surface area contributed by atoms with Crippen molar-refractivity contribution >= 4 is 33.7 Å². The first-order valence-corrected chi connectivity index (χ1v) is 8.37. The first-order valence-electron chi connectivity index (χ1n) is 7.17. The standard InChI is InChI=1S/C18H12ClN3S/c1-11-5-4-8-14(20-11)15-9-10-16(23-15)17-12-6-2-3-7-13(12)18(19)22-21-17/h2-10H,1H3. The minimum absolute atomic E-state index is 0.432. The van der Waals surface area contributed by atoms with Gasteiger partial charge in [0, 0.05) is 16.5 Å². The number of nitrogens with zero attached hydrogens (tertiary/aromatic N) is 3. The fourth-order valence-corrected chi connectivity index (χ4v) is 3.71. The van der Waals surface area contributed by atoms with Gasteiger partial charge in [0.25, 0.3) is 0 Å². The number of fused-ring (bicyclic) bond motifs is 1. The molecule has 3 heterocycles. The summed E-state index contributed by atoms with van der Waals surface area (Å²) >= 11 is 7.82. The second-order valence-corrected chi connectivity index (χ2v) is 6.65. The molecule has 0 atom stereocenters. The van der Waals surface area contributed by atoms with Gasteiger partial charge in [-0.25, -0.2) is 0 Å². The summed E-state index contributed by atoms with van der Waals surface area (Å²) in [5.74, 6) is 0. The predicted octanol–water partition coefficient (Wildman–Crippen LogP) is 5.38. The zero-order valence-electron chi connectivity index (χ0n) is 12.3. The number of thiophene rings is 1. The van der Waals surface area contributed by atoms with Gasteiger partial charge in [0.1, 0.15) is 5.69 Å². The van der Waals surface area contributed by atoms with Crippen LogP contribution in [0.4, 0.5) is 0 Å². The third kappa shape index (κ3) is 2.60. The number of rotatable bonds is 2. The second kappa shape index (κ2) is 5.72. The molecule has 0 unspecified atom stereocenters. The maximum Gasteiger partial charge on any atom is 0.159 e. The molecular weight excluding hydrogens is 326 g/mol. The summed E-state index contributed by atoms with van der Waals surface area (Å²) in [6.45, 7) is 2.00. The molecule has 0 aliphatic rings. The molecule has 0 bridgehead atoms. The highest BCUT2D eigenvalue weighted by Gasteiger charge is 2.12. The van der Waals surface area contributed by atoms with Crippen molar-refractivity contribution in [3.05, 3.63) is 65.4 Å². The first kappa shape index (κ1) is 14.3. The van der Waals surface area contributed by atoms with Crippen molar-refractivity contribution < 1.29 is 0 Å². The minimum atomic E-state index is 0.432. The molecular formula is C18H12ClN3S. The Morgan fingerprint density at radius 3 is 2.43 bits per heavy atom. The first-order chi connectivity index (χ1) is 11.2. The Labute approximate surface area is 142 Å². The van der Waals surface area contributed by atoms with Crippen LogP contribution in [0.25, 0.3) is 31.9 Å². The van der Waals surface area contributed by atoms with Crippen molar-refractivity contribution in [1.29, 1.82) is 0 Å². The van der Waals surface area contributed by atoms with Gasteiger partial charge in [-0.3, -0.25) is 4.98 Å². The number of aromatic nitrogens is 3. The van der Waals surface area contributed by atoms with Crippen LogP contribution in [0.5, 0.6) is 0 Å². The average molecular weight is 338 g/mol. The number of aryl methyl sites for hydroxylation is 1. The van der Waals surface area contributed by atoms with Crippen molar-refractivity contribution in [2.24, 2.45) is 0 Å². The van der Waals surface area contributed by atoms with Crippen LogP contribution in [0.15, 0.2) is 54.6 Å². The summed E-state index contributed by atoms with van der Waals surface area (Å²) in [6, 6.07) is 18.1. The molecule has 0 aliphatic heterocycles. The smallest absolute Gasteiger partial charge is 0.159 e. The molecule has 0 amide bonds. The number of hydrogen-bond acceptors (Lipinski definition) is 4. The molecule has 0 radical (unpaired) electrons. The minimum Gasteiger partial charge on any atom is -0.252 e. The Morgan fingerprint density at radius 1 is 0.826 bits per heavy atom. The Kier molecular flexibility index (Phi) is 3.56. The van der Waals surface area contributed by atoms with Gasteiger partial charge in [-0.1, -0.05) is 41.9 Å². The van der Waals surface area contributed by atoms with Crippen LogP contribution in [-0.4, -0.2) is 15.2 Å². The van der Waals surface area contributed by atoms with E-state index in [2.05, 4.69) is 27.3 Å². The summed E-state index contributed by atoms with van der Waals surface area (Å²) in [6.07, 6.45) is 0. The normalized spacial score (nSPS) is 11.0. The molecule has 4 aromatic rings. The van der Waals surface area contributed by atoms with Gasteiger partial charge in [0.2, 0.25) is 0 Å². The lowest BCUT2D eigenvalue weighted by atomic mass is 10.1. The Balaban J connectivity index is 1.85. The van der Waals surface area contributed by atoms with Gasteiger partial charge in [0.05, 0.1) is 15.4 Å². The third-order valence-corrected chi connectivity index (χ3v) is 5.02. The SMILES string of the molecule is Cc1cccc(-c2ccc(-c3nnc(Cl)c4ccccc34)s2)n1. The van der Waals surface area contributed by atoms with Gasteiger partial charge >= 0.3 is 0 Å². The van der Waals surface area contributed by atoms with Crippen molar-refractivity contribution in [3.63, 3.8) is 0 Å². The van der Waals surface area contributed by atoms with Gasteiger partial charge < -0.3 is 0 Å². The molecule has 0 aliphatic carbocycles. The van der Waals surface area contributed by atoms with Crippen molar-refractivity contribution in [3.8, 4) is 21.1 Å². The fourth-order valence-electron chi connectivity index (χ4n) is 2.54. The summed E-state index contributed by atoms with van der Waals surface area (Å²) in [4.78, 5) is 6.75. The fraction of sp³-hybridized carbons (Fsp3) is 0.0556. The van der Waals surface area contributed by atoms with Gasteiger partial charge in [-0.2, -0.15) is 0 Å².